The summed E-state index contributed by atoms with van der Waals surface area (Å²) in [5.74, 6) is 0.288. The van der Waals surface area contributed by atoms with Crippen molar-refractivity contribution in [3.8, 4) is 0 Å². The number of H-pyrrole nitrogens is 1. The minimum atomic E-state index is -0.394. The summed E-state index contributed by atoms with van der Waals surface area (Å²) < 4.78 is 5.31. The highest BCUT2D eigenvalue weighted by Crippen LogP contribution is 2.35. The predicted octanol–water partition coefficient (Wildman–Crippen LogP) is 1.08. The van der Waals surface area contributed by atoms with E-state index >= 15 is 0 Å². The molecular weight excluding hydrogens is 302 g/mol. The van der Waals surface area contributed by atoms with Gasteiger partial charge >= 0.3 is 0 Å². The number of thioether (sulfide) groups is 1. The Labute approximate surface area is 132 Å². The molecule has 1 saturated heterocycles. The Bertz CT molecular complexity index is 627. The maximum atomic E-state index is 12.9. The van der Waals surface area contributed by atoms with Crippen molar-refractivity contribution in [3.63, 3.8) is 0 Å². The molecule has 0 radical (unpaired) electrons. The van der Waals surface area contributed by atoms with Crippen LogP contribution in [-0.4, -0.2) is 52.3 Å². The van der Waals surface area contributed by atoms with E-state index in [1.54, 1.807) is 0 Å². The molecule has 0 unspecified atom stereocenters. The fraction of sp³-hybridized carbons (Fsp3) is 0.357. The van der Waals surface area contributed by atoms with Crippen LogP contribution in [0.15, 0.2) is 35.5 Å². The first-order chi connectivity index (χ1) is 10.7. The highest BCUT2D eigenvalue weighted by Gasteiger charge is 2.29. The van der Waals surface area contributed by atoms with Crippen LogP contribution in [0.1, 0.15) is 10.8 Å². The van der Waals surface area contributed by atoms with Gasteiger partial charge in [0.1, 0.15) is 5.25 Å². The van der Waals surface area contributed by atoms with Gasteiger partial charge in [0.05, 0.1) is 13.2 Å². The summed E-state index contributed by atoms with van der Waals surface area (Å²) in [7, 11) is 0. The van der Waals surface area contributed by atoms with Crippen LogP contribution in [0.25, 0.3) is 0 Å². The molecule has 1 aliphatic rings. The van der Waals surface area contributed by atoms with E-state index in [0.29, 0.717) is 31.5 Å². The van der Waals surface area contributed by atoms with Crippen molar-refractivity contribution in [2.24, 2.45) is 0 Å². The number of nitrogen functional groups attached to an aromatic ring is 1. The van der Waals surface area contributed by atoms with Gasteiger partial charge in [-0.3, -0.25) is 4.79 Å². The van der Waals surface area contributed by atoms with E-state index < -0.39 is 5.25 Å². The third kappa shape index (κ3) is 3.40. The molecule has 3 rings (SSSR count). The Morgan fingerprint density at radius 1 is 1.32 bits per heavy atom. The van der Waals surface area contributed by atoms with Crippen molar-refractivity contribution in [2.45, 2.75) is 10.4 Å². The predicted molar refractivity (Wildman–Crippen MR) is 83.2 cm³/mol. The van der Waals surface area contributed by atoms with Crippen molar-refractivity contribution < 1.29 is 9.53 Å². The zero-order valence-corrected chi connectivity index (χ0v) is 12.8. The van der Waals surface area contributed by atoms with Gasteiger partial charge in [-0.05, 0) is 5.56 Å². The molecule has 1 amide bonds. The first kappa shape index (κ1) is 14.9. The fourth-order valence-corrected chi connectivity index (χ4v) is 3.26. The number of nitrogens with zero attached hydrogens (tertiary/aromatic N) is 3. The largest absolute Gasteiger partial charge is 0.378 e. The van der Waals surface area contributed by atoms with Crippen LogP contribution in [0.4, 0.5) is 5.95 Å². The van der Waals surface area contributed by atoms with Gasteiger partial charge in [0, 0.05) is 13.1 Å². The number of hydrogen-bond donors (Lipinski definition) is 2. The Morgan fingerprint density at radius 2 is 2.05 bits per heavy atom. The molecule has 1 aromatic carbocycles. The molecule has 2 heterocycles. The molecule has 7 nitrogen and oxygen atoms in total. The summed E-state index contributed by atoms with van der Waals surface area (Å²) in [5.41, 5.74) is 6.48. The Hall–Kier alpha value is -2.06. The lowest BCUT2D eigenvalue weighted by Gasteiger charge is -2.30. The molecular formula is C14H17N5O2S. The molecule has 8 heteroatoms. The fourth-order valence-electron chi connectivity index (χ4n) is 2.25. The lowest BCUT2D eigenvalue weighted by molar-refractivity contribution is -0.134. The summed E-state index contributed by atoms with van der Waals surface area (Å²) in [5, 5.41) is 6.68. The van der Waals surface area contributed by atoms with Crippen molar-refractivity contribution in [2.75, 3.05) is 32.0 Å². The van der Waals surface area contributed by atoms with E-state index in [-0.39, 0.29) is 11.9 Å². The number of aromatic nitrogens is 3. The number of amides is 1. The molecule has 22 heavy (non-hydrogen) atoms. The number of morpholine rings is 1. The highest BCUT2D eigenvalue weighted by atomic mass is 32.2. The highest BCUT2D eigenvalue weighted by molar-refractivity contribution is 8.00. The van der Waals surface area contributed by atoms with Gasteiger partial charge in [-0.2, -0.15) is 4.98 Å². The quantitative estimate of drug-likeness (QED) is 0.819. The third-order valence-corrected chi connectivity index (χ3v) is 4.46. The van der Waals surface area contributed by atoms with Crippen LogP contribution in [0.2, 0.25) is 0 Å². The number of ether oxygens (including phenoxy) is 1. The number of aromatic amines is 1. The van der Waals surface area contributed by atoms with Gasteiger partial charge in [0.25, 0.3) is 0 Å². The molecule has 1 fully saturated rings. The lowest BCUT2D eigenvalue weighted by Crippen LogP contribution is -2.42. The summed E-state index contributed by atoms with van der Waals surface area (Å²) in [6, 6.07) is 9.64. The number of carbonyl (C=O) groups excluding carboxylic acids is 1. The standard InChI is InChI=1S/C14H17N5O2S/c15-13-16-14(18-17-13)22-11(10-4-2-1-3-5-10)12(20)19-6-8-21-9-7-19/h1-5,11H,6-9H2,(H3,15,16,17,18)/t11-/m0/s1. The molecule has 116 valence electrons. The van der Waals surface area contributed by atoms with Gasteiger partial charge in [-0.1, -0.05) is 42.1 Å². The number of nitrogens with two attached hydrogens (primary N) is 1. The topological polar surface area (TPSA) is 97.1 Å². The van der Waals surface area contributed by atoms with Gasteiger partial charge in [-0.25, -0.2) is 5.10 Å². The monoisotopic (exact) mass is 319 g/mol. The second kappa shape index (κ2) is 6.80. The average Bonchev–Trinajstić information content (AvgIpc) is 2.99. The first-order valence-electron chi connectivity index (χ1n) is 7.00. The molecule has 1 atom stereocenters. The molecule has 1 aliphatic heterocycles. The normalized spacial score (nSPS) is 16.5. The minimum absolute atomic E-state index is 0.0443. The molecule has 3 N–H and O–H groups in total. The second-order valence-electron chi connectivity index (χ2n) is 4.85. The number of benzene rings is 1. The van der Waals surface area contributed by atoms with Gasteiger partial charge in [0.2, 0.25) is 17.0 Å². The van der Waals surface area contributed by atoms with Crippen molar-refractivity contribution in [3.05, 3.63) is 35.9 Å². The van der Waals surface area contributed by atoms with Crippen molar-refractivity contribution in [1.82, 2.24) is 20.1 Å². The molecule has 0 aliphatic carbocycles. The Balaban J connectivity index is 1.83. The minimum Gasteiger partial charge on any atom is -0.378 e. The van der Waals surface area contributed by atoms with E-state index in [0.717, 1.165) is 5.56 Å². The molecule has 0 bridgehead atoms. The second-order valence-corrected chi connectivity index (χ2v) is 5.92. The van der Waals surface area contributed by atoms with Crippen molar-refractivity contribution in [1.29, 1.82) is 0 Å². The molecule has 0 saturated carbocycles. The van der Waals surface area contributed by atoms with Crippen molar-refractivity contribution >= 4 is 23.6 Å². The van der Waals surface area contributed by atoms with Crippen LogP contribution < -0.4 is 5.73 Å². The number of anilines is 1. The molecule has 1 aromatic heterocycles. The van der Waals surface area contributed by atoms with Crippen LogP contribution >= 0.6 is 11.8 Å². The third-order valence-electron chi connectivity index (χ3n) is 3.35. The van der Waals surface area contributed by atoms with E-state index in [1.165, 1.54) is 11.8 Å². The summed E-state index contributed by atoms with van der Waals surface area (Å²) >= 11 is 1.30. The van der Waals surface area contributed by atoms with E-state index in [9.17, 15) is 4.79 Å². The summed E-state index contributed by atoms with van der Waals surface area (Å²) in [6.45, 7) is 2.37. The van der Waals surface area contributed by atoms with Crippen LogP contribution in [-0.2, 0) is 9.53 Å². The lowest BCUT2D eigenvalue weighted by atomic mass is 10.1. The Morgan fingerprint density at radius 3 is 2.68 bits per heavy atom. The zero-order valence-electron chi connectivity index (χ0n) is 11.9. The van der Waals surface area contributed by atoms with Gasteiger partial charge in [0.15, 0.2) is 0 Å². The smallest absolute Gasteiger partial charge is 0.240 e. The summed E-state index contributed by atoms with van der Waals surface area (Å²) in [4.78, 5) is 18.8. The van der Waals surface area contributed by atoms with Crippen LogP contribution in [0.3, 0.4) is 0 Å². The van der Waals surface area contributed by atoms with E-state index in [4.69, 9.17) is 10.5 Å². The van der Waals surface area contributed by atoms with Gasteiger partial charge < -0.3 is 15.4 Å². The zero-order chi connectivity index (χ0) is 15.4. The Kier molecular flexibility index (Phi) is 4.59. The SMILES string of the molecule is Nc1nc(S[C@H](C(=O)N2CCOCC2)c2ccccc2)n[nH]1. The number of carbonyl (C=O) groups is 1. The summed E-state index contributed by atoms with van der Waals surface area (Å²) in [6.07, 6.45) is 0. The van der Waals surface area contributed by atoms with E-state index in [1.807, 2.05) is 35.2 Å². The number of nitrogens with one attached hydrogen (secondary N) is 1. The molecule has 0 spiro atoms. The van der Waals surface area contributed by atoms with E-state index in [2.05, 4.69) is 15.2 Å². The maximum absolute atomic E-state index is 12.9. The number of hydrogen-bond acceptors (Lipinski definition) is 6. The van der Waals surface area contributed by atoms with Crippen LogP contribution in [0, 0.1) is 0 Å². The van der Waals surface area contributed by atoms with Crippen LogP contribution in [0.5, 0.6) is 0 Å². The molecule has 2 aromatic rings. The first-order valence-corrected chi connectivity index (χ1v) is 7.88. The van der Waals surface area contributed by atoms with Gasteiger partial charge in [-0.15, -0.1) is 5.10 Å². The average molecular weight is 319 g/mol. The number of rotatable bonds is 4. The maximum Gasteiger partial charge on any atom is 0.240 e.